The van der Waals surface area contributed by atoms with Crippen LogP contribution in [0.4, 0.5) is 4.39 Å². The maximum atomic E-state index is 14.8. The minimum absolute atomic E-state index is 0.0402. The Morgan fingerprint density at radius 1 is 1.27 bits per heavy atom. The van der Waals surface area contributed by atoms with Gasteiger partial charge >= 0.3 is 0 Å². The molecule has 0 aliphatic carbocycles. The molecule has 0 saturated carbocycles. The van der Waals surface area contributed by atoms with Crippen LogP contribution in [0.1, 0.15) is 10.4 Å². The van der Waals surface area contributed by atoms with Gasteiger partial charge in [-0.05, 0) is 18.2 Å². The van der Waals surface area contributed by atoms with Crippen molar-refractivity contribution < 1.29 is 18.7 Å². The summed E-state index contributed by atoms with van der Waals surface area (Å²) in [4.78, 5) is 23.9. The largest absolute Gasteiger partial charge is 0.494 e. The number of rotatable bonds is 8. The maximum absolute atomic E-state index is 14.8. The number of benzene rings is 1. The summed E-state index contributed by atoms with van der Waals surface area (Å²) >= 11 is 6.21. The van der Waals surface area contributed by atoms with Crippen LogP contribution >= 0.6 is 11.6 Å². The Labute approximate surface area is 178 Å². The van der Waals surface area contributed by atoms with E-state index in [1.54, 1.807) is 0 Å². The van der Waals surface area contributed by atoms with Crippen molar-refractivity contribution in [1.82, 2.24) is 19.6 Å². The molecule has 0 amide bonds. The lowest BCUT2D eigenvalue weighted by molar-refractivity contribution is 0.0817. The predicted molar refractivity (Wildman–Crippen MR) is 114 cm³/mol. The van der Waals surface area contributed by atoms with Crippen molar-refractivity contribution in [3.63, 3.8) is 0 Å². The molecule has 3 rings (SSSR count). The lowest BCUT2D eigenvalue weighted by Crippen LogP contribution is -2.23. The summed E-state index contributed by atoms with van der Waals surface area (Å²) in [6.07, 6.45) is 0.352. The zero-order valence-electron chi connectivity index (χ0n) is 17.1. The van der Waals surface area contributed by atoms with Crippen molar-refractivity contribution in [2.45, 2.75) is 32.4 Å². The van der Waals surface area contributed by atoms with Gasteiger partial charge in [-0.25, -0.2) is 9.07 Å². The van der Waals surface area contributed by atoms with Gasteiger partial charge in [-0.2, -0.15) is 14.9 Å². The monoisotopic (exact) mass is 452 g/mol. The number of nitrogens with zero attached hydrogens (tertiary/aromatic N) is 4. The third-order valence-corrected chi connectivity index (χ3v) is 6.43. The number of halogens is 2. The van der Waals surface area contributed by atoms with Gasteiger partial charge in [0, 0.05) is 20.7 Å². The molecule has 0 unspecified atom stereocenters. The second-order valence-electron chi connectivity index (χ2n) is 7.90. The molecule has 0 fully saturated rings. The number of aldehydes is 1. The minimum atomic E-state index is -1.24. The van der Waals surface area contributed by atoms with Crippen LogP contribution in [-0.2, 0) is 11.5 Å². The highest BCUT2D eigenvalue weighted by atomic mass is 35.5. The van der Waals surface area contributed by atoms with Gasteiger partial charge in [0.05, 0.1) is 18.2 Å². The van der Waals surface area contributed by atoms with E-state index in [1.807, 2.05) is 0 Å². The van der Waals surface area contributed by atoms with Crippen molar-refractivity contribution in [2.75, 3.05) is 13.7 Å². The summed E-state index contributed by atoms with van der Waals surface area (Å²) in [6.45, 7) is 7.42. The van der Waals surface area contributed by atoms with Crippen LogP contribution in [0.2, 0.25) is 30.8 Å². The van der Waals surface area contributed by atoms with Gasteiger partial charge < -0.3 is 9.47 Å². The Balaban J connectivity index is 2.03. The molecule has 0 aliphatic rings. The fourth-order valence-corrected chi connectivity index (χ4v) is 3.78. The maximum Gasteiger partial charge on any atom is 0.273 e. The Hall–Kier alpha value is -2.56. The van der Waals surface area contributed by atoms with Gasteiger partial charge in [0.25, 0.3) is 5.56 Å². The van der Waals surface area contributed by atoms with Crippen molar-refractivity contribution in [3.8, 4) is 11.4 Å². The third kappa shape index (κ3) is 4.45. The zero-order chi connectivity index (χ0) is 22.1. The quantitative estimate of drug-likeness (QED) is 0.295. The van der Waals surface area contributed by atoms with Crippen molar-refractivity contribution in [2.24, 2.45) is 0 Å². The molecule has 2 aromatic heterocycles. The molecule has 0 radical (unpaired) electrons. The number of carbonyl (C=O) groups is 1. The number of fused-ring (bicyclic) bond motifs is 1. The van der Waals surface area contributed by atoms with E-state index in [-0.39, 0.29) is 34.4 Å². The third-order valence-electron chi connectivity index (χ3n) is 4.47. The minimum Gasteiger partial charge on any atom is -0.494 e. The van der Waals surface area contributed by atoms with E-state index in [2.05, 4.69) is 29.8 Å². The Bertz CT molecular complexity index is 1160. The highest BCUT2D eigenvalue weighted by Crippen LogP contribution is 2.27. The van der Waals surface area contributed by atoms with Gasteiger partial charge in [-0.1, -0.05) is 31.2 Å². The first-order valence-electron chi connectivity index (χ1n) is 9.22. The highest BCUT2D eigenvalue weighted by Gasteiger charge is 2.21. The number of aromatic nitrogens is 4. The van der Waals surface area contributed by atoms with E-state index in [9.17, 15) is 14.0 Å². The van der Waals surface area contributed by atoms with Crippen LogP contribution in [0.3, 0.4) is 0 Å². The van der Waals surface area contributed by atoms with Crippen LogP contribution < -0.4 is 10.3 Å². The van der Waals surface area contributed by atoms with Crippen molar-refractivity contribution in [3.05, 3.63) is 45.1 Å². The molecular formula is C19H22ClFN4O4Si. The topological polar surface area (TPSA) is 88.2 Å². The molecule has 160 valence electrons. The second-order valence-corrected chi connectivity index (χ2v) is 13.9. The molecule has 0 aliphatic heterocycles. The van der Waals surface area contributed by atoms with Gasteiger partial charge in [-0.15, -0.1) is 0 Å². The number of methoxy groups -OCH3 is 1. The first-order chi connectivity index (χ1) is 14.2. The Morgan fingerprint density at radius 2 is 2.00 bits per heavy atom. The van der Waals surface area contributed by atoms with E-state index in [1.165, 1.54) is 30.0 Å². The molecule has 0 bridgehead atoms. The van der Waals surface area contributed by atoms with Crippen molar-refractivity contribution >= 4 is 37.0 Å². The average Bonchev–Trinajstić information content (AvgIpc) is 2.98. The zero-order valence-corrected chi connectivity index (χ0v) is 18.9. The molecule has 0 atom stereocenters. The normalized spacial score (nSPS) is 11.8. The van der Waals surface area contributed by atoms with Crippen LogP contribution in [0.5, 0.6) is 5.75 Å². The number of hydrogen-bond donors (Lipinski definition) is 0. The molecule has 30 heavy (non-hydrogen) atoms. The summed E-state index contributed by atoms with van der Waals surface area (Å²) in [5, 5.41) is 8.39. The van der Waals surface area contributed by atoms with Crippen molar-refractivity contribution in [1.29, 1.82) is 0 Å². The van der Waals surface area contributed by atoms with Gasteiger partial charge in [0.15, 0.2) is 17.3 Å². The van der Waals surface area contributed by atoms with E-state index < -0.39 is 19.5 Å². The number of ether oxygens (including phenoxy) is 2. The van der Waals surface area contributed by atoms with Gasteiger partial charge in [0.1, 0.15) is 23.7 Å². The second kappa shape index (κ2) is 8.66. The summed E-state index contributed by atoms with van der Waals surface area (Å²) in [5.74, 6) is -0.873. The molecule has 2 heterocycles. The van der Waals surface area contributed by atoms with Crippen LogP contribution in [-0.4, -0.2) is 47.6 Å². The van der Waals surface area contributed by atoms with Gasteiger partial charge in [-0.3, -0.25) is 9.59 Å². The Morgan fingerprint density at radius 3 is 2.63 bits per heavy atom. The molecule has 0 N–H and O–H groups in total. The summed E-state index contributed by atoms with van der Waals surface area (Å²) in [5.41, 5.74) is -0.577. The van der Waals surface area contributed by atoms with E-state index in [4.69, 9.17) is 21.1 Å². The standard InChI is InChI=1S/C19H22ClFN4O4Si/c1-28-14-6-5-12(10-26)16(21)18(14)25-15(27)9-13-17(22-25)19(20)23-24(13)11-29-7-8-30(2,3)4/h5-6,9-10H,7-8,11H2,1-4H3. The lowest BCUT2D eigenvalue weighted by atomic mass is 10.2. The van der Waals surface area contributed by atoms with E-state index in [0.29, 0.717) is 18.4 Å². The van der Waals surface area contributed by atoms with E-state index in [0.717, 1.165) is 10.7 Å². The van der Waals surface area contributed by atoms with Crippen LogP contribution in [0.15, 0.2) is 23.0 Å². The highest BCUT2D eigenvalue weighted by molar-refractivity contribution is 6.76. The molecule has 11 heteroatoms. The predicted octanol–water partition coefficient (Wildman–Crippen LogP) is 3.51. The molecular weight excluding hydrogens is 431 g/mol. The van der Waals surface area contributed by atoms with Crippen LogP contribution in [0.25, 0.3) is 16.7 Å². The first-order valence-corrected chi connectivity index (χ1v) is 13.3. The number of carbonyl (C=O) groups excluding carboxylic acids is 1. The summed E-state index contributed by atoms with van der Waals surface area (Å²) < 4.78 is 27.9. The molecule has 0 spiro atoms. The summed E-state index contributed by atoms with van der Waals surface area (Å²) in [6, 6.07) is 4.88. The summed E-state index contributed by atoms with van der Waals surface area (Å²) in [7, 11) is 0.0859. The Kier molecular flexibility index (Phi) is 6.39. The van der Waals surface area contributed by atoms with Gasteiger partial charge in [0.2, 0.25) is 0 Å². The molecule has 0 saturated heterocycles. The van der Waals surface area contributed by atoms with E-state index >= 15 is 0 Å². The molecule has 1 aromatic carbocycles. The SMILES string of the molecule is COc1ccc(C=O)c(F)c1-n1nc2c(Cl)nn(COCC[Si](C)(C)C)c2cc1=O. The molecule has 8 nitrogen and oxygen atoms in total. The lowest BCUT2D eigenvalue weighted by Gasteiger charge is -2.15. The smallest absolute Gasteiger partial charge is 0.273 e. The fraction of sp³-hybridized carbons (Fsp3) is 0.368. The fourth-order valence-electron chi connectivity index (χ4n) is 2.80. The number of hydrogen-bond acceptors (Lipinski definition) is 6. The average molecular weight is 453 g/mol. The molecule has 3 aromatic rings. The van der Waals surface area contributed by atoms with Crippen LogP contribution in [0, 0.1) is 5.82 Å². The first kappa shape index (κ1) is 22.1.